The summed E-state index contributed by atoms with van der Waals surface area (Å²) in [5.74, 6) is 0. The van der Waals surface area contributed by atoms with E-state index in [4.69, 9.17) is 4.74 Å². The first-order valence-electron chi connectivity index (χ1n) is 6.31. The van der Waals surface area contributed by atoms with Gasteiger partial charge in [0, 0.05) is 17.1 Å². The lowest BCUT2D eigenvalue weighted by molar-refractivity contribution is 0.0529. The topological polar surface area (TPSA) is 63.6 Å². The molecule has 0 fully saturated rings. The van der Waals surface area contributed by atoms with Crippen molar-refractivity contribution in [2.75, 3.05) is 0 Å². The molecule has 0 bridgehead atoms. The number of nitrogens with one attached hydrogen (secondary N) is 1. The van der Waals surface area contributed by atoms with Crippen LogP contribution >= 0.6 is 0 Å². The minimum absolute atomic E-state index is 0.539. The Morgan fingerprint density at radius 3 is 2.80 bits per heavy atom. The SMILES string of the molecule is CC(C)(C)OC(=O)N/N=C\c1ccnc2ccccc12. The van der Waals surface area contributed by atoms with Crippen molar-refractivity contribution in [3.63, 3.8) is 0 Å². The van der Waals surface area contributed by atoms with E-state index in [1.165, 1.54) is 0 Å². The Hall–Kier alpha value is -2.43. The number of pyridine rings is 1. The van der Waals surface area contributed by atoms with Crippen LogP contribution in [0.1, 0.15) is 26.3 Å². The van der Waals surface area contributed by atoms with E-state index in [1.54, 1.807) is 33.2 Å². The second-order valence-electron chi connectivity index (χ2n) is 5.29. The van der Waals surface area contributed by atoms with Gasteiger partial charge in [-0.25, -0.2) is 10.2 Å². The van der Waals surface area contributed by atoms with Crippen LogP contribution in [0.4, 0.5) is 4.79 Å². The molecular formula is C15H17N3O2. The third-order valence-corrected chi connectivity index (χ3v) is 2.44. The van der Waals surface area contributed by atoms with Gasteiger partial charge in [-0.05, 0) is 32.9 Å². The fourth-order valence-corrected chi connectivity index (χ4v) is 1.69. The number of ether oxygens (including phenoxy) is 1. The van der Waals surface area contributed by atoms with Gasteiger partial charge < -0.3 is 4.74 Å². The molecule has 1 aromatic carbocycles. The molecule has 0 radical (unpaired) electrons. The number of nitrogens with zero attached hydrogens (tertiary/aromatic N) is 2. The van der Waals surface area contributed by atoms with Gasteiger partial charge in [0.2, 0.25) is 0 Å². The highest BCUT2D eigenvalue weighted by Crippen LogP contribution is 2.14. The van der Waals surface area contributed by atoms with Crippen molar-refractivity contribution >= 4 is 23.2 Å². The Kier molecular flexibility index (Phi) is 3.98. The minimum Gasteiger partial charge on any atom is -0.443 e. The third kappa shape index (κ3) is 3.78. The summed E-state index contributed by atoms with van der Waals surface area (Å²) in [7, 11) is 0. The smallest absolute Gasteiger partial charge is 0.428 e. The fourth-order valence-electron chi connectivity index (χ4n) is 1.69. The molecule has 1 heterocycles. The molecule has 20 heavy (non-hydrogen) atoms. The number of aromatic nitrogens is 1. The van der Waals surface area contributed by atoms with Crippen LogP contribution in [0.2, 0.25) is 0 Å². The molecule has 0 aliphatic carbocycles. The van der Waals surface area contributed by atoms with Crippen molar-refractivity contribution in [1.82, 2.24) is 10.4 Å². The van der Waals surface area contributed by atoms with Crippen molar-refractivity contribution in [2.24, 2.45) is 5.10 Å². The summed E-state index contributed by atoms with van der Waals surface area (Å²) in [5, 5.41) is 4.88. The number of benzene rings is 1. The zero-order valence-corrected chi connectivity index (χ0v) is 11.8. The van der Waals surface area contributed by atoms with Gasteiger partial charge in [-0.2, -0.15) is 5.10 Å². The lowest BCUT2D eigenvalue weighted by atomic mass is 10.1. The molecule has 0 atom stereocenters. The Balaban J connectivity index is 2.09. The summed E-state index contributed by atoms with van der Waals surface area (Å²) >= 11 is 0. The lowest BCUT2D eigenvalue weighted by Gasteiger charge is -2.18. The predicted octanol–water partition coefficient (Wildman–Crippen LogP) is 3.09. The van der Waals surface area contributed by atoms with Crippen LogP contribution in [0.5, 0.6) is 0 Å². The van der Waals surface area contributed by atoms with Gasteiger partial charge in [-0.3, -0.25) is 4.98 Å². The summed E-state index contributed by atoms with van der Waals surface area (Å²) in [6, 6.07) is 9.57. The Bertz CT molecular complexity index is 640. The first-order chi connectivity index (χ1) is 9.46. The molecule has 0 unspecified atom stereocenters. The maximum Gasteiger partial charge on any atom is 0.428 e. The zero-order valence-electron chi connectivity index (χ0n) is 11.8. The van der Waals surface area contributed by atoms with E-state index in [0.717, 1.165) is 16.5 Å². The molecule has 1 N–H and O–H groups in total. The molecule has 0 spiro atoms. The number of carbonyl (C=O) groups excluding carboxylic acids is 1. The molecule has 5 heteroatoms. The van der Waals surface area contributed by atoms with Gasteiger partial charge in [0.25, 0.3) is 0 Å². The number of para-hydroxylation sites is 1. The standard InChI is InChI=1S/C15H17N3O2/c1-15(2,3)20-14(19)18-17-10-11-8-9-16-13-7-5-4-6-12(11)13/h4-10H,1-3H3,(H,18,19)/b17-10-. The number of amides is 1. The predicted molar refractivity (Wildman–Crippen MR) is 78.7 cm³/mol. The summed E-state index contributed by atoms with van der Waals surface area (Å²) in [6.45, 7) is 5.39. The Morgan fingerprint density at radius 2 is 2.05 bits per heavy atom. The number of fused-ring (bicyclic) bond motifs is 1. The summed E-state index contributed by atoms with van der Waals surface area (Å²) in [6.07, 6.45) is 2.71. The average Bonchev–Trinajstić information content (AvgIpc) is 2.37. The van der Waals surface area contributed by atoms with Crippen molar-refractivity contribution in [1.29, 1.82) is 0 Å². The highest BCUT2D eigenvalue weighted by Gasteiger charge is 2.15. The molecular weight excluding hydrogens is 254 g/mol. The summed E-state index contributed by atoms with van der Waals surface area (Å²) in [4.78, 5) is 15.7. The van der Waals surface area contributed by atoms with E-state index in [-0.39, 0.29) is 0 Å². The molecule has 5 nitrogen and oxygen atoms in total. The first-order valence-corrected chi connectivity index (χ1v) is 6.31. The number of carbonyl (C=O) groups is 1. The van der Waals surface area contributed by atoms with E-state index >= 15 is 0 Å². The van der Waals surface area contributed by atoms with Gasteiger partial charge in [0.05, 0.1) is 11.7 Å². The van der Waals surface area contributed by atoms with Crippen LogP contribution < -0.4 is 5.43 Å². The maximum absolute atomic E-state index is 11.5. The van der Waals surface area contributed by atoms with Gasteiger partial charge in [-0.1, -0.05) is 18.2 Å². The van der Waals surface area contributed by atoms with Gasteiger partial charge in [0.1, 0.15) is 5.60 Å². The molecule has 0 saturated heterocycles. The van der Waals surface area contributed by atoms with Crippen LogP contribution in [-0.2, 0) is 4.74 Å². The van der Waals surface area contributed by atoms with Crippen molar-refractivity contribution in [3.8, 4) is 0 Å². The van der Waals surface area contributed by atoms with E-state index in [0.29, 0.717) is 0 Å². The molecule has 104 valence electrons. The van der Waals surface area contributed by atoms with E-state index in [2.05, 4.69) is 15.5 Å². The molecule has 0 aliphatic rings. The molecule has 1 aromatic heterocycles. The monoisotopic (exact) mass is 271 g/mol. The molecule has 2 rings (SSSR count). The summed E-state index contributed by atoms with van der Waals surface area (Å²) < 4.78 is 5.09. The Labute approximate surface area is 117 Å². The normalized spacial score (nSPS) is 11.8. The summed E-state index contributed by atoms with van der Waals surface area (Å²) in [5.41, 5.74) is 3.57. The van der Waals surface area contributed by atoms with E-state index in [9.17, 15) is 4.79 Å². The molecule has 2 aromatic rings. The molecule has 0 saturated carbocycles. The second-order valence-corrected chi connectivity index (χ2v) is 5.29. The van der Waals surface area contributed by atoms with Gasteiger partial charge >= 0.3 is 6.09 Å². The van der Waals surface area contributed by atoms with Crippen LogP contribution in [-0.4, -0.2) is 22.9 Å². The number of hydrazone groups is 1. The first kappa shape index (κ1) is 14.0. The minimum atomic E-state index is -0.577. The van der Waals surface area contributed by atoms with E-state index in [1.807, 2.05) is 30.3 Å². The average molecular weight is 271 g/mol. The van der Waals surface area contributed by atoms with Gasteiger partial charge in [0.15, 0.2) is 0 Å². The van der Waals surface area contributed by atoms with Crippen LogP contribution in [0.15, 0.2) is 41.6 Å². The zero-order chi connectivity index (χ0) is 14.6. The number of hydrogen-bond acceptors (Lipinski definition) is 4. The lowest BCUT2D eigenvalue weighted by Crippen LogP contribution is -2.29. The van der Waals surface area contributed by atoms with E-state index < -0.39 is 11.7 Å². The maximum atomic E-state index is 11.5. The van der Waals surface area contributed by atoms with Crippen molar-refractivity contribution < 1.29 is 9.53 Å². The fraction of sp³-hybridized carbons (Fsp3) is 0.267. The van der Waals surface area contributed by atoms with Crippen molar-refractivity contribution in [3.05, 3.63) is 42.1 Å². The largest absolute Gasteiger partial charge is 0.443 e. The number of hydrogen-bond donors (Lipinski definition) is 1. The van der Waals surface area contributed by atoms with Crippen LogP contribution in [0.25, 0.3) is 10.9 Å². The van der Waals surface area contributed by atoms with Gasteiger partial charge in [-0.15, -0.1) is 0 Å². The third-order valence-electron chi connectivity index (χ3n) is 2.44. The molecule has 1 amide bonds. The highest BCUT2D eigenvalue weighted by atomic mass is 16.6. The second kappa shape index (κ2) is 5.69. The van der Waals surface area contributed by atoms with Crippen LogP contribution in [0.3, 0.4) is 0 Å². The quantitative estimate of drug-likeness (QED) is 0.674. The highest BCUT2D eigenvalue weighted by molar-refractivity contribution is 5.98. The van der Waals surface area contributed by atoms with Crippen LogP contribution in [0, 0.1) is 0 Å². The number of rotatable bonds is 2. The Morgan fingerprint density at radius 1 is 1.30 bits per heavy atom. The van der Waals surface area contributed by atoms with Crippen molar-refractivity contribution in [2.45, 2.75) is 26.4 Å². The molecule has 0 aliphatic heterocycles.